The number of rotatable bonds is 1. The number of hydrogen-bond donors (Lipinski definition) is 1. The van der Waals surface area contributed by atoms with Crippen LogP contribution in [0, 0.1) is 11.3 Å². The molecule has 0 saturated heterocycles. The number of thioether (sulfide) groups is 1. The van der Waals surface area contributed by atoms with Gasteiger partial charge in [-0.25, -0.2) is 0 Å². The number of nitrogens with zero attached hydrogens (tertiary/aromatic N) is 1. The molecular formula is C10H8N2S2. The van der Waals surface area contributed by atoms with Crippen LogP contribution in [0.1, 0.15) is 5.56 Å². The van der Waals surface area contributed by atoms with Crippen LogP contribution in [-0.4, -0.2) is 6.26 Å². The van der Waals surface area contributed by atoms with Gasteiger partial charge in [0.25, 0.3) is 0 Å². The molecule has 0 amide bonds. The van der Waals surface area contributed by atoms with E-state index < -0.39 is 0 Å². The van der Waals surface area contributed by atoms with Crippen LogP contribution < -0.4 is 5.73 Å². The highest BCUT2D eigenvalue weighted by molar-refractivity contribution is 7.99. The van der Waals surface area contributed by atoms with Crippen LogP contribution in [0.4, 0.5) is 5.69 Å². The van der Waals surface area contributed by atoms with Crippen molar-refractivity contribution in [1.82, 2.24) is 0 Å². The first kappa shape index (κ1) is 9.38. The van der Waals surface area contributed by atoms with Gasteiger partial charge >= 0.3 is 0 Å². The molecule has 1 heterocycles. The molecule has 0 saturated carbocycles. The van der Waals surface area contributed by atoms with Crippen molar-refractivity contribution >= 4 is 38.9 Å². The van der Waals surface area contributed by atoms with E-state index in [1.165, 1.54) is 0 Å². The highest BCUT2D eigenvalue weighted by Crippen LogP contribution is 2.37. The van der Waals surface area contributed by atoms with E-state index in [-0.39, 0.29) is 0 Å². The molecule has 0 aliphatic carbocycles. The maximum absolute atomic E-state index is 8.93. The van der Waals surface area contributed by atoms with Crippen molar-refractivity contribution in [2.45, 2.75) is 4.90 Å². The van der Waals surface area contributed by atoms with Crippen molar-refractivity contribution in [2.75, 3.05) is 12.0 Å². The van der Waals surface area contributed by atoms with E-state index in [1.807, 2.05) is 23.8 Å². The van der Waals surface area contributed by atoms with Crippen LogP contribution in [-0.2, 0) is 0 Å². The molecule has 4 heteroatoms. The summed E-state index contributed by atoms with van der Waals surface area (Å²) in [5.41, 5.74) is 7.33. The molecule has 0 atom stereocenters. The van der Waals surface area contributed by atoms with Gasteiger partial charge in [0.05, 0.1) is 16.0 Å². The Labute approximate surface area is 90.3 Å². The van der Waals surface area contributed by atoms with Gasteiger partial charge in [0, 0.05) is 15.7 Å². The third kappa shape index (κ3) is 1.26. The van der Waals surface area contributed by atoms with Crippen LogP contribution in [0.25, 0.3) is 10.1 Å². The number of anilines is 1. The normalized spacial score (nSPS) is 10.3. The Morgan fingerprint density at radius 3 is 2.93 bits per heavy atom. The van der Waals surface area contributed by atoms with E-state index in [2.05, 4.69) is 6.07 Å². The second-order valence-electron chi connectivity index (χ2n) is 2.83. The summed E-state index contributed by atoms with van der Waals surface area (Å²) in [5.74, 6) is 0. The number of nitrogens with two attached hydrogens (primary N) is 1. The van der Waals surface area contributed by atoms with Crippen LogP contribution in [0.2, 0.25) is 0 Å². The van der Waals surface area contributed by atoms with E-state index >= 15 is 0 Å². The molecule has 2 N–H and O–H groups in total. The van der Waals surface area contributed by atoms with Gasteiger partial charge in [-0.3, -0.25) is 0 Å². The molecule has 2 aromatic rings. The van der Waals surface area contributed by atoms with Crippen molar-refractivity contribution in [3.8, 4) is 6.07 Å². The molecule has 2 rings (SSSR count). The summed E-state index contributed by atoms with van der Waals surface area (Å²) in [6.07, 6.45) is 1.98. The van der Waals surface area contributed by atoms with Crippen LogP contribution >= 0.6 is 23.1 Å². The topological polar surface area (TPSA) is 49.8 Å². The summed E-state index contributed by atoms with van der Waals surface area (Å²) in [5, 5.41) is 11.9. The van der Waals surface area contributed by atoms with Gasteiger partial charge in [-0.1, -0.05) is 6.07 Å². The number of nitrogen functional groups attached to an aromatic ring is 1. The van der Waals surface area contributed by atoms with Crippen LogP contribution in [0.3, 0.4) is 0 Å². The van der Waals surface area contributed by atoms with Gasteiger partial charge in [-0.2, -0.15) is 5.26 Å². The fraction of sp³-hybridized carbons (Fsp3) is 0.100. The van der Waals surface area contributed by atoms with Gasteiger partial charge in [-0.05, 0) is 12.3 Å². The Morgan fingerprint density at radius 2 is 2.29 bits per heavy atom. The molecule has 0 unspecified atom stereocenters. The van der Waals surface area contributed by atoms with Crippen LogP contribution in [0.5, 0.6) is 0 Å². The van der Waals surface area contributed by atoms with Crippen molar-refractivity contribution in [1.29, 1.82) is 5.26 Å². The molecule has 1 aromatic carbocycles. The second kappa shape index (κ2) is 3.52. The van der Waals surface area contributed by atoms with Gasteiger partial charge in [0.15, 0.2) is 0 Å². The van der Waals surface area contributed by atoms with E-state index in [1.54, 1.807) is 23.1 Å². The van der Waals surface area contributed by atoms with E-state index in [0.29, 0.717) is 0 Å². The highest BCUT2D eigenvalue weighted by atomic mass is 32.2. The maximum atomic E-state index is 8.93. The number of hydrogen-bond acceptors (Lipinski definition) is 4. The minimum atomic E-state index is 0.729. The fourth-order valence-corrected chi connectivity index (χ4v) is 3.31. The Balaban J connectivity index is 2.86. The summed E-state index contributed by atoms with van der Waals surface area (Å²) >= 11 is 3.19. The molecule has 0 aliphatic rings. The lowest BCUT2D eigenvalue weighted by atomic mass is 10.2. The number of benzene rings is 1. The SMILES string of the molecule is CSc1c(C#N)ccc2c(N)csc12. The standard InChI is InChI=1S/C10H8N2S2/c1-13-9-6(4-11)2-3-7-8(12)5-14-10(7)9/h2-3,5H,12H2,1H3. The zero-order valence-electron chi connectivity index (χ0n) is 7.57. The minimum absolute atomic E-state index is 0.729. The van der Waals surface area contributed by atoms with Crippen molar-refractivity contribution in [3.05, 3.63) is 23.1 Å². The Morgan fingerprint density at radius 1 is 1.50 bits per heavy atom. The molecule has 0 aliphatic heterocycles. The zero-order valence-corrected chi connectivity index (χ0v) is 9.21. The Bertz CT molecular complexity index is 523. The minimum Gasteiger partial charge on any atom is -0.398 e. The molecule has 0 spiro atoms. The Hall–Kier alpha value is -1.18. The van der Waals surface area contributed by atoms with Gasteiger partial charge < -0.3 is 5.73 Å². The lowest BCUT2D eigenvalue weighted by Gasteiger charge is -2.01. The smallest absolute Gasteiger partial charge is 0.100 e. The first-order valence-corrected chi connectivity index (χ1v) is 6.12. The van der Waals surface area contributed by atoms with Gasteiger partial charge in [0.2, 0.25) is 0 Å². The van der Waals surface area contributed by atoms with Crippen molar-refractivity contribution in [3.63, 3.8) is 0 Å². The first-order chi connectivity index (χ1) is 6.77. The summed E-state index contributed by atoms with van der Waals surface area (Å²) in [6, 6.07) is 5.94. The monoisotopic (exact) mass is 220 g/mol. The summed E-state index contributed by atoms with van der Waals surface area (Å²) in [6.45, 7) is 0. The van der Waals surface area contributed by atoms with Crippen molar-refractivity contribution in [2.24, 2.45) is 0 Å². The average molecular weight is 220 g/mol. The number of fused-ring (bicyclic) bond motifs is 1. The summed E-state index contributed by atoms with van der Waals surface area (Å²) in [7, 11) is 0. The van der Waals surface area contributed by atoms with E-state index in [4.69, 9.17) is 11.0 Å². The van der Waals surface area contributed by atoms with E-state index in [9.17, 15) is 0 Å². The van der Waals surface area contributed by atoms with E-state index in [0.717, 1.165) is 26.2 Å². The molecule has 14 heavy (non-hydrogen) atoms. The molecule has 1 aromatic heterocycles. The zero-order chi connectivity index (χ0) is 10.1. The quantitative estimate of drug-likeness (QED) is 0.751. The van der Waals surface area contributed by atoms with Crippen LogP contribution in [0.15, 0.2) is 22.4 Å². The van der Waals surface area contributed by atoms with Crippen molar-refractivity contribution < 1.29 is 0 Å². The maximum Gasteiger partial charge on any atom is 0.100 e. The molecule has 70 valence electrons. The third-order valence-electron chi connectivity index (χ3n) is 2.05. The molecule has 2 nitrogen and oxygen atoms in total. The second-order valence-corrected chi connectivity index (χ2v) is 4.52. The molecular weight excluding hydrogens is 212 g/mol. The predicted molar refractivity (Wildman–Crippen MR) is 62.7 cm³/mol. The average Bonchev–Trinajstić information content (AvgIpc) is 2.59. The number of nitriles is 1. The lowest BCUT2D eigenvalue weighted by molar-refractivity contribution is 1.43. The summed E-state index contributed by atoms with van der Waals surface area (Å²) in [4.78, 5) is 1.03. The third-order valence-corrected chi connectivity index (χ3v) is 4.04. The fourth-order valence-electron chi connectivity index (χ4n) is 1.38. The van der Waals surface area contributed by atoms with Gasteiger partial charge in [-0.15, -0.1) is 23.1 Å². The molecule has 0 fully saturated rings. The molecule has 0 radical (unpaired) electrons. The number of thiophene rings is 1. The largest absolute Gasteiger partial charge is 0.398 e. The predicted octanol–water partition coefficient (Wildman–Crippen LogP) is 3.08. The summed E-state index contributed by atoms with van der Waals surface area (Å²) < 4.78 is 1.12. The Kier molecular flexibility index (Phi) is 2.36. The highest BCUT2D eigenvalue weighted by Gasteiger charge is 2.09. The lowest BCUT2D eigenvalue weighted by Crippen LogP contribution is -1.83. The first-order valence-electron chi connectivity index (χ1n) is 4.01. The molecule has 0 bridgehead atoms. The van der Waals surface area contributed by atoms with Gasteiger partial charge in [0.1, 0.15) is 6.07 Å².